The lowest BCUT2D eigenvalue weighted by Gasteiger charge is -1.65. The summed E-state index contributed by atoms with van der Waals surface area (Å²) in [5, 5.41) is 0. The van der Waals surface area contributed by atoms with E-state index in [1.807, 2.05) is 0 Å². The number of carbonyl (C=O) groups is 2. The summed E-state index contributed by atoms with van der Waals surface area (Å²) >= 11 is 0. The quantitative estimate of drug-likeness (QED) is 0.460. The topological polar surface area (TPSA) is 112 Å². The molecule has 0 aromatic heterocycles. The molecule has 6 N–H and O–H groups in total. The molecule has 0 aromatic carbocycles. The van der Waals surface area contributed by atoms with E-state index in [-0.39, 0.29) is 0 Å². The van der Waals surface area contributed by atoms with Gasteiger partial charge in [0.25, 0.3) is 0 Å². The summed E-state index contributed by atoms with van der Waals surface area (Å²) in [6.07, 6.45) is 2.11. The Bertz CT molecular complexity index is 137. The Kier molecular flexibility index (Phi) is 22.6. The molecule has 0 fully saturated rings. The van der Waals surface area contributed by atoms with Crippen LogP contribution in [-0.4, -0.2) is 18.9 Å². The van der Waals surface area contributed by atoms with Crippen LogP contribution in [0.25, 0.3) is 0 Å². The molecule has 0 spiro atoms. The largest absolute Gasteiger partial charge is 0.366 e. The molecule has 0 heterocycles. The molecular formula is C7H15N3O2. The minimum absolute atomic E-state index is 0.481. The van der Waals surface area contributed by atoms with Crippen LogP contribution in [0.4, 0.5) is 0 Å². The highest BCUT2D eigenvalue weighted by atomic mass is 16.1. The van der Waals surface area contributed by atoms with E-state index < -0.39 is 11.8 Å². The van der Waals surface area contributed by atoms with E-state index >= 15 is 0 Å². The molecule has 12 heavy (non-hydrogen) atoms. The van der Waals surface area contributed by atoms with Crippen LogP contribution in [0.15, 0.2) is 25.3 Å². The molecule has 0 rings (SSSR count). The Morgan fingerprint density at radius 2 is 1.08 bits per heavy atom. The van der Waals surface area contributed by atoms with Crippen LogP contribution in [0.1, 0.15) is 0 Å². The third kappa shape index (κ3) is 80.6. The summed E-state index contributed by atoms with van der Waals surface area (Å²) in [5.74, 6) is -0.963. The summed E-state index contributed by atoms with van der Waals surface area (Å²) in [7, 11) is 1.50. The highest BCUT2D eigenvalue weighted by molar-refractivity contribution is 5.85. The van der Waals surface area contributed by atoms with Crippen LogP contribution < -0.4 is 17.2 Å². The number of hydrogen-bond acceptors (Lipinski definition) is 3. The van der Waals surface area contributed by atoms with E-state index in [0.29, 0.717) is 0 Å². The maximum atomic E-state index is 9.47. The van der Waals surface area contributed by atoms with Crippen molar-refractivity contribution >= 4 is 11.8 Å². The van der Waals surface area contributed by atoms with Gasteiger partial charge in [-0.3, -0.25) is 9.59 Å². The van der Waals surface area contributed by atoms with Gasteiger partial charge in [0.2, 0.25) is 11.8 Å². The number of nitrogens with two attached hydrogens (primary N) is 3. The average molecular weight is 173 g/mol. The molecule has 0 aromatic rings. The first-order chi connectivity index (χ1) is 5.54. The van der Waals surface area contributed by atoms with Crippen LogP contribution in [0.5, 0.6) is 0 Å². The predicted octanol–water partition coefficient (Wildman–Crippen LogP) is -1.11. The molecule has 0 bridgehead atoms. The summed E-state index contributed by atoms with van der Waals surface area (Å²) in [6.45, 7) is 6.17. The third-order valence-electron chi connectivity index (χ3n) is 0.402. The lowest BCUT2D eigenvalue weighted by molar-refractivity contribution is -0.114. The van der Waals surface area contributed by atoms with Gasteiger partial charge in [-0.15, -0.1) is 0 Å². The first-order valence-corrected chi connectivity index (χ1v) is 2.96. The molecule has 0 saturated carbocycles. The number of amides is 2. The van der Waals surface area contributed by atoms with Gasteiger partial charge in [0.15, 0.2) is 0 Å². The Labute approximate surface area is 71.9 Å². The minimum Gasteiger partial charge on any atom is -0.366 e. The zero-order valence-corrected chi connectivity index (χ0v) is 7.12. The molecule has 0 aliphatic carbocycles. The normalized spacial score (nSPS) is 5.83. The second-order valence-corrected chi connectivity index (χ2v) is 1.21. The van der Waals surface area contributed by atoms with Crippen molar-refractivity contribution in [2.75, 3.05) is 7.05 Å². The highest BCUT2D eigenvalue weighted by Crippen LogP contribution is 1.49. The molecule has 5 nitrogen and oxygen atoms in total. The van der Waals surface area contributed by atoms with Crippen molar-refractivity contribution in [2.45, 2.75) is 0 Å². The van der Waals surface area contributed by atoms with Crippen molar-refractivity contribution < 1.29 is 9.59 Å². The maximum Gasteiger partial charge on any atom is 0.240 e. The second kappa shape index (κ2) is 16.2. The Balaban J connectivity index is -0.000000112. The fourth-order valence-corrected chi connectivity index (χ4v) is 0. The van der Waals surface area contributed by atoms with E-state index in [1.165, 1.54) is 7.05 Å². The molecule has 0 radical (unpaired) electrons. The lowest BCUT2D eigenvalue weighted by Crippen LogP contribution is -2.04. The fraction of sp³-hybridized carbons (Fsp3) is 0.143. The van der Waals surface area contributed by atoms with Crippen LogP contribution in [0.2, 0.25) is 0 Å². The van der Waals surface area contributed by atoms with Crippen molar-refractivity contribution in [1.29, 1.82) is 0 Å². The van der Waals surface area contributed by atoms with Gasteiger partial charge in [0, 0.05) is 0 Å². The first kappa shape index (κ1) is 16.8. The van der Waals surface area contributed by atoms with E-state index in [4.69, 9.17) is 0 Å². The first-order valence-electron chi connectivity index (χ1n) is 2.96. The van der Waals surface area contributed by atoms with Gasteiger partial charge in [0.1, 0.15) is 0 Å². The Morgan fingerprint density at radius 3 is 1.08 bits per heavy atom. The zero-order valence-electron chi connectivity index (χ0n) is 7.12. The van der Waals surface area contributed by atoms with Gasteiger partial charge in [-0.2, -0.15) is 0 Å². The van der Waals surface area contributed by atoms with Crippen molar-refractivity contribution in [3.8, 4) is 0 Å². The summed E-state index contributed by atoms with van der Waals surface area (Å²) in [6, 6.07) is 0. The summed E-state index contributed by atoms with van der Waals surface area (Å²) in [4.78, 5) is 18.9. The smallest absolute Gasteiger partial charge is 0.240 e. The highest BCUT2D eigenvalue weighted by Gasteiger charge is 1.69. The number of carbonyl (C=O) groups excluding carboxylic acids is 2. The van der Waals surface area contributed by atoms with E-state index in [1.54, 1.807) is 0 Å². The van der Waals surface area contributed by atoms with Crippen LogP contribution in [0.3, 0.4) is 0 Å². The SMILES string of the molecule is C=CC(N)=O.C=CC(N)=O.CN. The number of rotatable bonds is 2. The standard InChI is InChI=1S/2C3H5NO.CH5N/c2*1-2-3(4)5;1-2/h2*2H,1H2,(H2,4,5);2H2,1H3. The molecule has 2 amide bonds. The Hall–Kier alpha value is -1.62. The minimum atomic E-state index is -0.481. The van der Waals surface area contributed by atoms with E-state index in [9.17, 15) is 9.59 Å². The van der Waals surface area contributed by atoms with Gasteiger partial charge in [-0.1, -0.05) is 13.2 Å². The van der Waals surface area contributed by atoms with Gasteiger partial charge in [-0.25, -0.2) is 0 Å². The predicted molar refractivity (Wildman–Crippen MR) is 48.9 cm³/mol. The van der Waals surface area contributed by atoms with Crippen molar-refractivity contribution in [2.24, 2.45) is 17.2 Å². The lowest BCUT2D eigenvalue weighted by atomic mass is 10.6. The average Bonchev–Trinajstić information content (AvgIpc) is 2.09. The molecule has 5 heteroatoms. The van der Waals surface area contributed by atoms with Crippen LogP contribution in [0, 0.1) is 0 Å². The molecular weight excluding hydrogens is 158 g/mol. The van der Waals surface area contributed by atoms with Crippen molar-refractivity contribution in [3.05, 3.63) is 25.3 Å². The Morgan fingerprint density at radius 1 is 1.00 bits per heavy atom. The third-order valence-corrected chi connectivity index (χ3v) is 0.402. The van der Waals surface area contributed by atoms with Crippen molar-refractivity contribution in [3.63, 3.8) is 0 Å². The maximum absolute atomic E-state index is 9.47. The zero-order chi connectivity index (χ0) is 10.6. The fourth-order valence-electron chi connectivity index (χ4n) is 0. The molecule has 70 valence electrons. The van der Waals surface area contributed by atoms with Gasteiger partial charge in [-0.05, 0) is 19.2 Å². The van der Waals surface area contributed by atoms with Gasteiger partial charge >= 0.3 is 0 Å². The molecule has 0 atom stereocenters. The van der Waals surface area contributed by atoms with E-state index in [2.05, 4.69) is 30.4 Å². The monoisotopic (exact) mass is 173 g/mol. The second-order valence-electron chi connectivity index (χ2n) is 1.21. The van der Waals surface area contributed by atoms with Crippen LogP contribution >= 0.6 is 0 Å². The number of primary amides is 2. The summed E-state index contributed by atoms with van der Waals surface area (Å²) < 4.78 is 0. The molecule has 0 unspecified atom stereocenters. The molecule has 0 saturated heterocycles. The van der Waals surface area contributed by atoms with E-state index in [0.717, 1.165) is 12.2 Å². The summed E-state index contributed by atoms with van der Waals surface area (Å²) in [5.41, 5.74) is 13.6. The molecule has 0 aliphatic heterocycles. The van der Waals surface area contributed by atoms with Crippen LogP contribution in [-0.2, 0) is 9.59 Å². The van der Waals surface area contributed by atoms with Crippen molar-refractivity contribution in [1.82, 2.24) is 0 Å². The molecule has 0 aliphatic rings. The van der Waals surface area contributed by atoms with Gasteiger partial charge in [0.05, 0.1) is 0 Å². The van der Waals surface area contributed by atoms with Gasteiger partial charge < -0.3 is 17.2 Å². The number of hydrogen-bond donors (Lipinski definition) is 3.